The molecule has 0 fully saturated rings. The average molecular weight is 425 g/mol. The number of ether oxygens (including phenoxy) is 2. The molecule has 3 N–H and O–H groups in total. The topological polar surface area (TPSA) is 102 Å². The third kappa shape index (κ3) is 5.15. The van der Waals surface area contributed by atoms with Crippen molar-refractivity contribution < 1.29 is 23.5 Å². The maximum Gasteiger partial charge on any atom is 0.291 e. The molecule has 3 rings (SSSR count). The summed E-state index contributed by atoms with van der Waals surface area (Å²) in [4.78, 5) is 24.6. The lowest BCUT2D eigenvalue weighted by atomic mass is 10.2. The van der Waals surface area contributed by atoms with Gasteiger partial charge in [-0.1, -0.05) is 6.07 Å². The van der Waals surface area contributed by atoms with Crippen molar-refractivity contribution in [2.75, 3.05) is 24.9 Å². The van der Waals surface area contributed by atoms with E-state index in [1.807, 2.05) is 0 Å². The van der Waals surface area contributed by atoms with E-state index < -0.39 is 11.8 Å². The van der Waals surface area contributed by atoms with E-state index in [9.17, 15) is 9.59 Å². The molecule has 0 radical (unpaired) electrons. The highest BCUT2D eigenvalue weighted by atomic mass is 32.1. The second-order valence-electron chi connectivity index (χ2n) is 5.99. The minimum Gasteiger partial charge on any atom is -0.497 e. The number of rotatable bonds is 6. The molecular formula is C21H19N3O5S. The summed E-state index contributed by atoms with van der Waals surface area (Å²) in [5.41, 5.74) is 1.34. The number of nitrogens with one attached hydrogen (secondary N) is 3. The summed E-state index contributed by atoms with van der Waals surface area (Å²) in [7, 11) is 3.02. The van der Waals surface area contributed by atoms with Gasteiger partial charge >= 0.3 is 0 Å². The fourth-order valence-corrected chi connectivity index (χ4v) is 2.78. The van der Waals surface area contributed by atoms with Gasteiger partial charge in [-0.3, -0.25) is 14.9 Å². The van der Waals surface area contributed by atoms with Gasteiger partial charge in [0.2, 0.25) is 0 Å². The Bertz CT molecular complexity index is 1070. The number of carbonyl (C=O) groups excluding carboxylic acids is 2. The molecule has 0 aliphatic rings. The van der Waals surface area contributed by atoms with E-state index in [0.29, 0.717) is 28.4 Å². The molecule has 0 aliphatic carbocycles. The van der Waals surface area contributed by atoms with E-state index in [0.717, 1.165) is 0 Å². The van der Waals surface area contributed by atoms with Gasteiger partial charge in [0, 0.05) is 11.3 Å². The Hall–Kier alpha value is -3.85. The molecule has 2 aromatic carbocycles. The van der Waals surface area contributed by atoms with Gasteiger partial charge in [0.25, 0.3) is 11.8 Å². The maximum atomic E-state index is 12.4. The van der Waals surface area contributed by atoms with Gasteiger partial charge in [0.05, 0.1) is 26.2 Å². The number of thiocarbonyl (C=S) groups is 1. The van der Waals surface area contributed by atoms with Gasteiger partial charge in [0.15, 0.2) is 10.9 Å². The second-order valence-corrected chi connectivity index (χ2v) is 6.39. The van der Waals surface area contributed by atoms with Crippen molar-refractivity contribution in [3.05, 3.63) is 72.2 Å². The predicted octanol–water partition coefficient (Wildman–Crippen LogP) is 3.68. The molecule has 1 heterocycles. The van der Waals surface area contributed by atoms with Gasteiger partial charge in [-0.05, 0) is 60.7 Å². The lowest BCUT2D eigenvalue weighted by Crippen LogP contribution is -2.34. The Kier molecular flexibility index (Phi) is 6.66. The van der Waals surface area contributed by atoms with Crippen LogP contribution in [-0.4, -0.2) is 31.1 Å². The quantitative estimate of drug-likeness (QED) is 0.518. The summed E-state index contributed by atoms with van der Waals surface area (Å²) < 4.78 is 15.5. The molecule has 154 valence electrons. The molecular weight excluding hydrogens is 406 g/mol. The van der Waals surface area contributed by atoms with Crippen LogP contribution in [0.25, 0.3) is 0 Å². The molecule has 0 aliphatic heterocycles. The fourth-order valence-electron chi connectivity index (χ4n) is 2.58. The molecule has 3 aromatic rings. The molecule has 2 amide bonds. The van der Waals surface area contributed by atoms with Crippen molar-refractivity contribution in [1.29, 1.82) is 0 Å². The number of hydrogen-bond acceptors (Lipinski definition) is 6. The SMILES string of the molecule is COc1cccc(C(=O)NC(=S)Nc2cc(NC(=O)c3ccco3)ccc2OC)c1. The smallest absolute Gasteiger partial charge is 0.291 e. The Labute approximate surface area is 178 Å². The highest BCUT2D eigenvalue weighted by Crippen LogP contribution is 2.28. The Morgan fingerprint density at radius 2 is 1.77 bits per heavy atom. The van der Waals surface area contributed by atoms with Crippen LogP contribution >= 0.6 is 12.2 Å². The molecule has 0 bridgehead atoms. The zero-order chi connectivity index (χ0) is 21.5. The van der Waals surface area contributed by atoms with E-state index in [1.54, 1.807) is 54.6 Å². The van der Waals surface area contributed by atoms with E-state index in [4.69, 9.17) is 26.1 Å². The number of furan rings is 1. The molecule has 0 unspecified atom stereocenters. The summed E-state index contributed by atoms with van der Waals surface area (Å²) in [6, 6.07) is 14.8. The van der Waals surface area contributed by atoms with Gasteiger partial charge < -0.3 is 24.5 Å². The van der Waals surface area contributed by atoms with Crippen molar-refractivity contribution in [3.63, 3.8) is 0 Å². The highest BCUT2D eigenvalue weighted by Gasteiger charge is 2.13. The first-order chi connectivity index (χ1) is 14.5. The number of methoxy groups -OCH3 is 2. The van der Waals surface area contributed by atoms with Gasteiger partial charge in [-0.25, -0.2) is 0 Å². The van der Waals surface area contributed by atoms with Crippen LogP contribution in [-0.2, 0) is 0 Å². The standard InChI is InChI=1S/C21H19N3O5S/c1-27-15-6-3-5-13(11-15)19(25)24-21(30)23-16-12-14(8-9-17(16)28-2)22-20(26)18-7-4-10-29-18/h3-12H,1-2H3,(H,22,26)(H2,23,24,25,30). The van der Waals surface area contributed by atoms with E-state index in [2.05, 4.69) is 16.0 Å². The number of carbonyl (C=O) groups is 2. The summed E-state index contributed by atoms with van der Waals surface area (Å²) in [6.45, 7) is 0. The van der Waals surface area contributed by atoms with Crippen molar-refractivity contribution in [2.24, 2.45) is 0 Å². The van der Waals surface area contributed by atoms with Crippen molar-refractivity contribution in [3.8, 4) is 11.5 Å². The average Bonchev–Trinajstić information content (AvgIpc) is 3.29. The lowest BCUT2D eigenvalue weighted by Gasteiger charge is -2.14. The van der Waals surface area contributed by atoms with E-state index in [-0.39, 0.29) is 10.9 Å². The molecule has 8 nitrogen and oxygen atoms in total. The molecule has 0 saturated heterocycles. The highest BCUT2D eigenvalue weighted by molar-refractivity contribution is 7.80. The fraction of sp³-hybridized carbons (Fsp3) is 0.0952. The van der Waals surface area contributed by atoms with E-state index >= 15 is 0 Å². The Morgan fingerprint density at radius 1 is 0.933 bits per heavy atom. The summed E-state index contributed by atoms with van der Waals surface area (Å²) in [6.07, 6.45) is 1.42. The number of anilines is 2. The van der Waals surface area contributed by atoms with Crippen LogP contribution in [0.2, 0.25) is 0 Å². The van der Waals surface area contributed by atoms with Gasteiger partial charge in [0.1, 0.15) is 11.5 Å². The van der Waals surface area contributed by atoms with Crippen LogP contribution in [0.3, 0.4) is 0 Å². The first kappa shape index (κ1) is 20.9. The predicted molar refractivity (Wildman–Crippen MR) is 116 cm³/mol. The van der Waals surface area contributed by atoms with Crippen LogP contribution < -0.4 is 25.4 Å². The Balaban J connectivity index is 1.70. The van der Waals surface area contributed by atoms with Crippen molar-refractivity contribution in [2.45, 2.75) is 0 Å². The molecule has 30 heavy (non-hydrogen) atoms. The molecule has 0 saturated carbocycles. The monoisotopic (exact) mass is 425 g/mol. The minimum atomic E-state index is -0.398. The van der Waals surface area contributed by atoms with Crippen LogP contribution in [0.15, 0.2) is 65.3 Å². The molecule has 1 aromatic heterocycles. The largest absolute Gasteiger partial charge is 0.497 e. The Morgan fingerprint density at radius 3 is 2.47 bits per heavy atom. The first-order valence-corrected chi connectivity index (χ1v) is 9.20. The summed E-state index contributed by atoms with van der Waals surface area (Å²) in [5.74, 6) is 0.422. The molecule has 9 heteroatoms. The van der Waals surface area contributed by atoms with E-state index in [1.165, 1.54) is 20.5 Å². The number of hydrogen-bond donors (Lipinski definition) is 3. The van der Waals surface area contributed by atoms with Crippen LogP contribution in [0.1, 0.15) is 20.9 Å². The van der Waals surface area contributed by atoms with Crippen molar-refractivity contribution >= 4 is 40.5 Å². The van der Waals surface area contributed by atoms with Crippen LogP contribution in [0.4, 0.5) is 11.4 Å². The zero-order valence-electron chi connectivity index (χ0n) is 16.2. The van der Waals surface area contributed by atoms with Crippen molar-refractivity contribution in [1.82, 2.24) is 5.32 Å². The third-order valence-electron chi connectivity index (χ3n) is 4.01. The van der Waals surface area contributed by atoms with Crippen LogP contribution in [0, 0.1) is 0 Å². The number of amides is 2. The van der Waals surface area contributed by atoms with Gasteiger partial charge in [-0.15, -0.1) is 0 Å². The maximum absolute atomic E-state index is 12.4. The third-order valence-corrected chi connectivity index (χ3v) is 4.21. The molecule has 0 atom stereocenters. The summed E-state index contributed by atoms with van der Waals surface area (Å²) >= 11 is 5.24. The van der Waals surface area contributed by atoms with Gasteiger partial charge in [-0.2, -0.15) is 0 Å². The normalized spacial score (nSPS) is 10.1. The second kappa shape index (κ2) is 9.57. The minimum absolute atomic E-state index is 0.0654. The first-order valence-electron chi connectivity index (χ1n) is 8.79. The molecule has 0 spiro atoms. The van der Waals surface area contributed by atoms with Crippen LogP contribution in [0.5, 0.6) is 11.5 Å². The lowest BCUT2D eigenvalue weighted by molar-refractivity contribution is 0.0974. The summed E-state index contributed by atoms with van der Waals surface area (Å²) in [5, 5.41) is 8.29. The zero-order valence-corrected chi connectivity index (χ0v) is 17.0. The number of benzene rings is 2.